The third kappa shape index (κ3) is 3.83. The number of hydrogen-bond donors (Lipinski definition) is 0. The molecule has 1 aliphatic heterocycles. The highest BCUT2D eigenvalue weighted by Gasteiger charge is 2.24. The molecule has 1 fully saturated rings. The first kappa shape index (κ1) is 12.6. The summed E-state index contributed by atoms with van der Waals surface area (Å²) >= 11 is 0. The minimum atomic E-state index is 0.498. The lowest BCUT2D eigenvalue weighted by atomic mass is 9.87. The molecule has 1 heterocycles. The van der Waals surface area contributed by atoms with Crippen LogP contribution in [0.4, 0.5) is 0 Å². The molecule has 1 atom stereocenters. The summed E-state index contributed by atoms with van der Waals surface area (Å²) in [6.45, 7) is 5.44. The van der Waals surface area contributed by atoms with Gasteiger partial charge in [0.15, 0.2) is 0 Å². The average Bonchev–Trinajstić information content (AvgIpc) is 2.40. The van der Waals surface area contributed by atoms with Crippen LogP contribution in [0, 0.1) is 11.8 Å². The zero-order chi connectivity index (χ0) is 11.9. The summed E-state index contributed by atoms with van der Waals surface area (Å²) in [4.78, 5) is 0. The summed E-state index contributed by atoms with van der Waals surface area (Å²) < 4.78 is 11.3. The summed E-state index contributed by atoms with van der Waals surface area (Å²) in [5, 5.41) is 0. The van der Waals surface area contributed by atoms with Gasteiger partial charge in [-0.05, 0) is 24.3 Å². The van der Waals surface area contributed by atoms with Crippen molar-refractivity contribution in [3.63, 3.8) is 0 Å². The largest absolute Gasteiger partial charge is 0.381 e. The van der Waals surface area contributed by atoms with E-state index in [0.717, 1.165) is 32.7 Å². The van der Waals surface area contributed by atoms with Crippen LogP contribution < -0.4 is 0 Å². The Morgan fingerprint density at radius 2 is 2.12 bits per heavy atom. The highest BCUT2D eigenvalue weighted by molar-refractivity contribution is 5.13. The Balaban J connectivity index is 1.74. The van der Waals surface area contributed by atoms with Crippen LogP contribution >= 0.6 is 0 Å². The van der Waals surface area contributed by atoms with Gasteiger partial charge in [-0.2, -0.15) is 0 Å². The third-order valence-electron chi connectivity index (χ3n) is 3.35. The maximum Gasteiger partial charge on any atom is 0.0717 e. The SMILES string of the molecule is CC[C]1CCOC[C@H]1COCc1ccccc1. The van der Waals surface area contributed by atoms with Gasteiger partial charge in [0.25, 0.3) is 0 Å². The van der Waals surface area contributed by atoms with E-state index in [1.165, 1.54) is 5.56 Å². The van der Waals surface area contributed by atoms with E-state index in [-0.39, 0.29) is 0 Å². The minimum Gasteiger partial charge on any atom is -0.381 e. The lowest BCUT2D eigenvalue weighted by Gasteiger charge is -2.30. The van der Waals surface area contributed by atoms with E-state index in [0.29, 0.717) is 12.5 Å². The van der Waals surface area contributed by atoms with E-state index < -0.39 is 0 Å². The van der Waals surface area contributed by atoms with Crippen molar-refractivity contribution in [1.82, 2.24) is 0 Å². The van der Waals surface area contributed by atoms with Crippen LogP contribution in [0.25, 0.3) is 0 Å². The molecule has 1 saturated heterocycles. The Morgan fingerprint density at radius 3 is 2.88 bits per heavy atom. The molecule has 0 aliphatic carbocycles. The van der Waals surface area contributed by atoms with Crippen molar-refractivity contribution < 1.29 is 9.47 Å². The molecule has 0 aromatic heterocycles. The van der Waals surface area contributed by atoms with Gasteiger partial charge in [-0.25, -0.2) is 0 Å². The molecule has 0 N–H and O–H groups in total. The van der Waals surface area contributed by atoms with Crippen molar-refractivity contribution in [2.75, 3.05) is 19.8 Å². The fraction of sp³-hybridized carbons (Fsp3) is 0.533. The quantitative estimate of drug-likeness (QED) is 0.777. The van der Waals surface area contributed by atoms with Gasteiger partial charge in [-0.15, -0.1) is 0 Å². The minimum absolute atomic E-state index is 0.498. The molecule has 0 bridgehead atoms. The van der Waals surface area contributed by atoms with Crippen LogP contribution in [0.3, 0.4) is 0 Å². The first-order valence-corrected chi connectivity index (χ1v) is 6.44. The van der Waals surface area contributed by atoms with Gasteiger partial charge in [0.1, 0.15) is 0 Å². The van der Waals surface area contributed by atoms with Gasteiger partial charge in [0, 0.05) is 12.5 Å². The van der Waals surface area contributed by atoms with Gasteiger partial charge in [0.2, 0.25) is 0 Å². The highest BCUT2D eigenvalue weighted by Crippen LogP contribution is 2.27. The smallest absolute Gasteiger partial charge is 0.0717 e. The Morgan fingerprint density at radius 1 is 1.29 bits per heavy atom. The normalized spacial score (nSPS) is 21.6. The van der Waals surface area contributed by atoms with E-state index in [1.54, 1.807) is 5.92 Å². The van der Waals surface area contributed by atoms with Gasteiger partial charge in [0.05, 0.1) is 19.8 Å². The second-order valence-electron chi connectivity index (χ2n) is 4.53. The second-order valence-corrected chi connectivity index (χ2v) is 4.53. The molecule has 1 radical (unpaired) electrons. The van der Waals surface area contributed by atoms with Crippen LogP contribution in [0.2, 0.25) is 0 Å². The summed E-state index contributed by atoms with van der Waals surface area (Å²) in [5.74, 6) is 2.10. The zero-order valence-electron chi connectivity index (χ0n) is 10.5. The number of rotatable bonds is 5. The molecule has 93 valence electrons. The Bertz CT molecular complexity index is 310. The van der Waals surface area contributed by atoms with Gasteiger partial charge in [-0.3, -0.25) is 0 Å². The van der Waals surface area contributed by atoms with Crippen molar-refractivity contribution in [2.45, 2.75) is 26.4 Å². The molecular formula is C15H21O2. The lowest BCUT2D eigenvalue weighted by Crippen LogP contribution is -2.29. The lowest BCUT2D eigenvalue weighted by molar-refractivity contribution is 0.0111. The van der Waals surface area contributed by atoms with Gasteiger partial charge in [-0.1, -0.05) is 37.3 Å². The van der Waals surface area contributed by atoms with Crippen molar-refractivity contribution in [2.24, 2.45) is 5.92 Å². The van der Waals surface area contributed by atoms with Crippen LogP contribution in [-0.4, -0.2) is 19.8 Å². The Labute approximate surface area is 104 Å². The molecule has 0 unspecified atom stereocenters. The summed E-state index contributed by atoms with van der Waals surface area (Å²) in [7, 11) is 0. The molecule has 2 rings (SSSR count). The standard InChI is InChI=1S/C15H21O2/c1-2-14-8-9-16-11-15(14)12-17-10-13-6-4-3-5-7-13/h3-7,15H,2,8-12H2,1H3/t15-/m0/s1. The van der Waals surface area contributed by atoms with Crippen molar-refractivity contribution in [1.29, 1.82) is 0 Å². The third-order valence-corrected chi connectivity index (χ3v) is 3.35. The first-order chi connectivity index (χ1) is 8.40. The predicted molar refractivity (Wildman–Crippen MR) is 68.6 cm³/mol. The Hall–Kier alpha value is -0.860. The molecule has 0 spiro atoms. The maximum atomic E-state index is 5.79. The van der Waals surface area contributed by atoms with E-state index in [9.17, 15) is 0 Å². The topological polar surface area (TPSA) is 18.5 Å². The molecule has 1 aliphatic rings. The fourth-order valence-corrected chi connectivity index (χ4v) is 2.28. The average molecular weight is 233 g/mol. The summed E-state index contributed by atoms with van der Waals surface area (Å²) in [6.07, 6.45) is 2.26. The molecule has 1 aromatic carbocycles. The maximum absolute atomic E-state index is 5.79. The van der Waals surface area contributed by atoms with Crippen molar-refractivity contribution >= 4 is 0 Å². The van der Waals surface area contributed by atoms with Crippen molar-refractivity contribution in [3.8, 4) is 0 Å². The van der Waals surface area contributed by atoms with E-state index in [4.69, 9.17) is 9.47 Å². The van der Waals surface area contributed by atoms with Gasteiger partial charge < -0.3 is 9.47 Å². The first-order valence-electron chi connectivity index (χ1n) is 6.44. The van der Waals surface area contributed by atoms with Crippen LogP contribution in [0.1, 0.15) is 25.3 Å². The molecule has 17 heavy (non-hydrogen) atoms. The van der Waals surface area contributed by atoms with E-state index in [1.807, 2.05) is 18.2 Å². The summed E-state index contributed by atoms with van der Waals surface area (Å²) in [5.41, 5.74) is 1.24. The number of hydrogen-bond acceptors (Lipinski definition) is 2. The van der Waals surface area contributed by atoms with Crippen LogP contribution in [0.15, 0.2) is 30.3 Å². The van der Waals surface area contributed by atoms with Gasteiger partial charge >= 0.3 is 0 Å². The van der Waals surface area contributed by atoms with E-state index in [2.05, 4.69) is 19.1 Å². The van der Waals surface area contributed by atoms with Crippen LogP contribution in [-0.2, 0) is 16.1 Å². The molecule has 2 nitrogen and oxygen atoms in total. The Kier molecular flexibility index (Phi) is 5.02. The van der Waals surface area contributed by atoms with E-state index >= 15 is 0 Å². The molecule has 1 aromatic rings. The molecule has 2 heteroatoms. The molecule has 0 saturated carbocycles. The number of benzene rings is 1. The number of ether oxygens (including phenoxy) is 2. The highest BCUT2D eigenvalue weighted by atomic mass is 16.5. The monoisotopic (exact) mass is 233 g/mol. The van der Waals surface area contributed by atoms with Crippen LogP contribution in [0.5, 0.6) is 0 Å². The second kappa shape index (κ2) is 6.77. The fourth-order valence-electron chi connectivity index (χ4n) is 2.28. The molecule has 0 amide bonds. The summed E-state index contributed by atoms with van der Waals surface area (Å²) in [6, 6.07) is 10.3. The predicted octanol–water partition coefficient (Wildman–Crippen LogP) is 3.22. The van der Waals surface area contributed by atoms with Crippen molar-refractivity contribution in [3.05, 3.63) is 41.8 Å². The zero-order valence-corrected chi connectivity index (χ0v) is 10.5. The molecular weight excluding hydrogens is 212 g/mol.